The van der Waals surface area contributed by atoms with Crippen LogP contribution in [0.25, 0.3) is 11.2 Å². The molecule has 0 spiro atoms. The van der Waals surface area contributed by atoms with E-state index < -0.39 is 24.0 Å². The number of hydrogen-bond donors (Lipinski definition) is 0. The van der Waals surface area contributed by atoms with Gasteiger partial charge in [0.05, 0.1) is 11.8 Å². The van der Waals surface area contributed by atoms with Crippen molar-refractivity contribution in [3.63, 3.8) is 0 Å². The highest BCUT2D eigenvalue weighted by Crippen LogP contribution is 2.33. The largest absolute Gasteiger partial charge is 0.391 e. The Hall–Kier alpha value is -1.30. The number of fused-ring (bicyclic) bond motifs is 1. The van der Waals surface area contributed by atoms with Gasteiger partial charge in [-0.3, -0.25) is 0 Å². The van der Waals surface area contributed by atoms with Crippen LogP contribution in [0.3, 0.4) is 0 Å². The molecule has 2 unspecified atom stereocenters. The van der Waals surface area contributed by atoms with E-state index in [0.29, 0.717) is 17.0 Å². The first-order valence-electron chi connectivity index (χ1n) is 5.83. The lowest BCUT2D eigenvalue weighted by molar-refractivity contribution is -0.141. The molecule has 0 N–H and O–H groups in total. The van der Waals surface area contributed by atoms with Gasteiger partial charge in [-0.1, -0.05) is 0 Å². The number of aromatic nitrogens is 3. The van der Waals surface area contributed by atoms with Gasteiger partial charge in [-0.2, -0.15) is 13.2 Å². The van der Waals surface area contributed by atoms with Crippen LogP contribution in [0, 0.1) is 0 Å². The van der Waals surface area contributed by atoms with Crippen molar-refractivity contribution < 1.29 is 13.2 Å². The minimum Gasteiger partial charge on any atom is -0.308 e. The fourth-order valence-electron chi connectivity index (χ4n) is 2.09. The van der Waals surface area contributed by atoms with Crippen molar-refractivity contribution in [1.29, 1.82) is 0 Å². The molecule has 0 aromatic carbocycles. The van der Waals surface area contributed by atoms with E-state index in [0.717, 1.165) is 0 Å². The molecule has 2 atom stereocenters. The van der Waals surface area contributed by atoms with E-state index in [-0.39, 0.29) is 0 Å². The average molecular weight is 292 g/mol. The molecule has 2 rings (SSSR count). The Morgan fingerprint density at radius 1 is 1.37 bits per heavy atom. The fourth-order valence-corrected chi connectivity index (χ4v) is 2.24. The summed E-state index contributed by atoms with van der Waals surface area (Å²) in [7, 11) is 0. The summed E-state index contributed by atoms with van der Waals surface area (Å²) < 4.78 is 39.1. The molecule has 0 amide bonds. The lowest BCUT2D eigenvalue weighted by atomic mass is 10.2. The summed E-state index contributed by atoms with van der Waals surface area (Å²) in [5.41, 5.74) is 0.987. The predicted molar refractivity (Wildman–Crippen MR) is 67.2 cm³/mol. The highest BCUT2D eigenvalue weighted by molar-refractivity contribution is 6.20. The molecule has 0 aliphatic carbocycles. The van der Waals surface area contributed by atoms with Gasteiger partial charge < -0.3 is 4.57 Å². The van der Waals surface area contributed by atoms with Gasteiger partial charge in [0.15, 0.2) is 5.65 Å². The lowest BCUT2D eigenvalue weighted by Crippen LogP contribution is -2.18. The Morgan fingerprint density at radius 3 is 2.63 bits per heavy atom. The zero-order valence-electron chi connectivity index (χ0n) is 10.4. The van der Waals surface area contributed by atoms with Crippen molar-refractivity contribution in [2.75, 3.05) is 0 Å². The summed E-state index contributed by atoms with van der Waals surface area (Å²) in [5.74, 6) is 0.409. The third kappa shape index (κ3) is 3.00. The highest BCUT2D eigenvalue weighted by Gasteiger charge is 2.32. The monoisotopic (exact) mass is 291 g/mol. The maximum atomic E-state index is 12.5. The Morgan fingerprint density at radius 2 is 2.05 bits per heavy atom. The molecule has 2 aromatic rings. The molecule has 7 heteroatoms. The van der Waals surface area contributed by atoms with Gasteiger partial charge in [-0.05, 0) is 26.0 Å². The first-order chi connectivity index (χ1) is 8.79. The average Bonchev–Trinajstić information content (AvgIpc) is 2.65. The van der Waals surface area contributed by atoms with Crippen LogP contribution in [0.5, 0.6) is 0 Å². The van der Waals surface area contributed by atoms with Gasteiger partial charge in [0.25, 0.3) is 0 Å². The minimum absolute atomic E-state index is 0.409. The van der Waals surface area contributed by atoms with Gasteiger partial charge in [0.1, 0.15) is 11.3 Å². The number of pyridine rings is 1. The molecule has 0 saturated heterocycles. The predicted octanol–water partition coefficient (Wildman–Crippen LogP) is 4.24. The molecule has 0 aliphatic heterocycles. The number of rotatable bonds is 3. The summed E-state index contributed by atoms with van der Waals surface area (Å²) in [5, 5.41) is -0.482. The van der Waals surface area contributed by atoms with Crippen LogP contribution in [-0.4, -0.2) is 20.7 Å². The van der Waals surface area contributed by atoms with Gasteiger partial charge >= 0.3 is 6.18 Å². The second-order valence-corrected chi connectivity index (χ2v) is 5.13. The number of imidazole rings is 1. The first-order valence-corrected chi connectivity index (χ1v) is 6.27. The van der Waals surface area contributed by atoms with Crippen molar-refractivity contribution in [3.8, 4) is 0 Å². The van der Waals surface area contributed by atoms with E-state index in [1.165, 1.54) is 17.7 Å². The SMILES string of the molecule is CC(Cl)c1nc2cccnc2n1C(C)CC(F)(F)F. The van der Waals surface area contributed by atoms with Crippen LogP contribution in [-0.2, 0) is 0 Å². The quantitative estimate of drug-likeness (QED) is 0.792. The second kappa shape index (κ2) is 5.00. The standard InChI is InChI=1S/C12H13ClF3N3/c1-7(6-12(14,15)16)19-10(8(2)13)18-9-4-3-5-17-11(9)19/h3-5,7-8H,6H2,1-2H3. The molecule has 0 bridgehead atoms. The van der Waals surface area contributed by atoms with E-state index in [1.807, 2.05) is 0 Å². The zero-order valence-corrected chi connectivity index (χ0v) is 11.2. The van der Waals surface area contributed by atoms with Crippen LogP contribution < -0.4 is 0 Å². The van der Waals surface area contributed by atoms with Gasteiger partial charge in [0.2, 0.25) is 0 Å². The molecule has 0 saturated carbocycles. The Balaban J connectivity index is 2.53. The number of hydrogen-bond acceptors (Lipinski definition) is 2. The molecule has 104 valence electrons. The molecule has 2 aromatic heterocycles. The van der Waals surface area contributed by atoms with Crippen molar-refractivity contribution >= 4 is 22.8 Å². The third-order valence-electron chi connectivity index (χ3n) is 2.80. The molecule has 2 heterocycles. The van der Waals surface area contributed by atoms with E-state index in [1.54, 1.807) is 19.1 Å². The Labute approximate surface area is 113 Å². The van der Waals surface area contributed by atoms with Crippen molar-refractivity contribution in [1.82, 2.24) is 14.5 Å². The van der Waals surface area contributed by atoms with Gasteiger partial charge in [-0.15, -0.1) is 11.6 Å². The fraction of sp³-hybridized carbons (Fsp3) is 0.500. The molecule has 0 radical (unpaired) electrons. The molecule has 19 heavy (non-hydrogen) atoms. The van der Waals surface area contributed by atoms with E-state index >= 15 is 0 Å². The van der Waals surface area contributed by atoms with E-state index in [2.05, 4.69) is 9.97 Å². The molecular weight excluding hydrogens is 279 g/mol. The third-order valence-corrected chi connectivity index (χ3v) is 2.99. The Kier molecular flexibility index (Phi) is 3.71. The van der Waals surface area contributed by atoms with Crippen LogP contribution in [0.2, 0.25) is 0 Å². The van der Waals surface area contributed by atoms with Crippen LogP contribution in [0.15, 0.2) is 18.3 Å². The molecule has 0 aliphatic rings. The lowest BCUT2D eigenvalue weighted by Gasteiger charge is -2.19. The minimum atomic E-state index is -4.24. The van der Waals surface area contributed by atoms with Crippen molar-refractivity contribution in [2.24, 2.45) is 0 Å². The summed E-state index contributed by atoms with van der Waals surface area (Å²) >= 11 is 6.00. The van der Waals surface area contributed by atoms with Crippen molar-refractivity contribution in [3.05, 3.63) is 24.2 Å². The molecule has 0 fully saturated rings. The van der Waals surface area contributed by atoms with Crippen molar-refractivity contribution in [2.45, 2.75) is 37.9 Å². The van der Waals surface area contributed by atoms with Crippen LogP contribution >= 0.6 is 11.6 Å². The maximum Gasteiger partial charge on any atom is 0.391 e. The zero-order chi connectivity index (χ0) is 14.2. The van der Waals surface area contributed by atoms with Crippen LogP contribution in [0.1, 0.15) is 37.5 Å². The normalized spacial score (nSPS) is 15.7. The van der Waals surface area contributed by atoms with Gasteiger partial charge in [-0.25, -0.2) is 9.97 Å². The summed E-state index contributed by atoms with van der Waals surface area (Å²) in [6.07, 6.45) is -3.65. The van der Waals surface area contributed by atoms with Crippen LogP contribution in [0.4, 0.5) is 13.2 Å². The number of alkyl halides is 4. The Bertz CT molecular complexity index is 577. The highest BCUT2D eigenvalue weighted by atomic mass is 35.5. The smallest absolute Gasteiger partial charge is 0.308 e. The molecule has 3 nitrogen and oxygen atoms in total. The summed E-state index contributed by atoms with van der Waals surface area (Å²) in [6.45, 7) is 3.17. The maximum absolute atomic E-state index is 12.5. The number of halogens is 4. The van der Waals surface area contributed by atoms with E-state index in [4.69, 9.17) is 11.6 Å². The second-order valence-electron chi connectivity index (χ2n) is 4.47. The topological polar surface area (TPSA) is 30.7 Å². The summed E-state index contributed by atoms with van der Waals surface area (Å²) in [4.78, 5) is 8.37. The van der Waals surface area contributed by atoms with E-state index in [9.17, 15) is 13.2 Å². The summed E-state index contributed by atoms with van der Waals surface area (Å²) in [6, 6.07) is 2.61. The number of nitrogens with zero attached hydrogens (tertiary/aromatic N) is 3. The van der Waals surface area contributed by atoms with Gasteiger partial charge in [0, 0.05) is 12.2 Å². The first kappa shape index (κ1) is 14.1. The molecular formula is C12H13ClF3N3.